The van der Waals surface area contributed by atoms with Crippen LogP contribution in [-0.2, 0) is 4.84 Å². The van der Waals surface area contributed by atoms with Gasteiger partial charge in [-0.15, -0.1) is 0 Å². The van der Waals surface area contributed by atoms with E-state index >= 15 is 0 Å². The first kappa shape index (κ1) is 16.4. The van der Waals surface area contributed by atoms with E-state index in [2.05, 4.69) is 15.3 Å². The maximum Gasteiger partial charge on any atom is 0.433 e. The van der Waals surface area contributed by atoms with Crippen LogP contribution < -0.4 is 14.8 Å². The van der Waals surface area contributed by atoms with Gasteiger partial charge in [0.25, 0.3) is 0 Å². The first-order chi connectivity index (χ1) is 11.2. The molecule has 0 aliphatic carbocycles. The Morgan fingerprint density at radius 1 is 1.00 bits per heavy atom. The SMILES string of the molecule is CNC(=O)ON=C(C)COc1ccc(Oc2ccccc2)cc1. The smallest absolute Gasteiger partial charge is 0.433 e. The Balaban J connectivity index is 1.84. The van der Waals surface area contributed by atoms with Crippen LogP contribution in [-0.4, -0.2) is 25.5 Å². The Labute approximate surface area is 134 Å². The van der Waals surface area contributed by atoms with Gasteiger partial charge in [-0.05, 0) is 43.3 Å². The molecule has 0 spiro atoms. The van der Waals surface area contributed by atoms with Gasteiger partial charge in [-0.2, -0.15) is 0 Å². The molecule has 0 unspecified atom stereocenters. The van der Waals surface area contributed by atoms with Gasteiger partial charge in [-0.1, -0.05) is 23.4 Å². The summed E-state index contributed by atoms with van der Waals surface area (Å²) in [6.07, 6.45) is -0.619. The minimum atomic E-state index is -0.619. The highest BCUT2D eigenvalue weighted by molar-refractivity contribution is 5.83. The van der Waals surface area contributed by atoms with Crippen molar-refractivity contribution in [1.29, 1.82) is 0 Å². The van der Waals surface area contributed by atoms with E-state index in [1.807, 2.05) is 42.5 Å². The summed E-state index contributed by atoms with van der Waals surface area (Å²) >= 11 is 0. The zero-order valence-electron chi connectivity index (χ0n) is 13.0. The van der Waals surface area contributed by atoms with Crippen molar-refractivity contribution in [2.45, 2.75) is 6.92 Å². The average molecular weight is 314 g/mol. The van der Waals surface area contributed by atoms with Gasteiger partial charge in [0.15, 0.2) is 0 Å². The van der Waals surface area contributed by atoms with Gasteiger partial charge in [-0.25, -0.2) is 4.79 Å². The molecule has 2 aromatic carbocycles. The van der Waals surface area contributed by atoms with Crippen molar-refractivity contribution < 1.29 is 19.1 Å². The highest BCUT2D eigenvalue weighted by Gasteiger charge is 2.01. The van der Waals surface area contributed by atoms with Crippen LogP contribution >= 0.6 is 0 Å². The largest absolute Gasteiger partial charge is 0.488 e. The molecule has 2 rings (SSSR count). The van der Waals surface area contributed by atoms with Crippen molar-refractivity contribution in [3.8, 4) is 17.2 Å². The number of nitrogens with zero attached hydrogens (tertiary/aromatic N) is 1. The monoisotopic (exact) mass is 314 g/mol. The topological polar surface area (TPSA) is 69.2 Å². The molecule has 0 heterocycles. The summed E-state index contributed by atoms with van der Waals surface area (Å²) in [6.45, 7) is 1.92. The number of nitrogens with one attached hydrogen (secondary N) is 1. The number of oxime groups is 1. The van der Waals surface area contributed by atoms with Crippen LogP contribution in [0.2, 0.25) is 0 Å². The van der Waals surface area contributed by atoms with Gasteiger partial charge >= 0.3 is 6.09 Å². The number of ether oxygens (including phenoxy) is 2. The molecule has 6 nitrogen and oxygen atoms in total. The third-order valence-corrected chi connectivity index (χ3v) is 2.74. The van der Waals surface area contributed by atoms with Crippen molar-refractivity contribution in [3.05, 3.63) is 54.6 Å². The van der Waals surface area contributed by atoms with E-state index in [1.165, 1.54) is 7.05 Å². The summed E-state index contributed by atoms with van der Waals surface area (Å²) in [7, 11) is 1.46. The van der Waals surface area contributed by atoms with E-state index in [1.54, 1.807) is 19.1 Å². The second-order valence-corrected chi connectivity index (χ2v) is 4.63. The fourth-order valence-corrected chi connectivity index (χ4v) is 1.61. The quantitative estimate of drug-likeness (QED) is 0.502. The van der Waals surface area contributed by atoms with E-state index in [9.17, 15) is 4.79 Å². The standard InChI is InChI=1S/C17H18N2O4/c1-13(19-23-17(20)18-2)12-21-14-8-10-16(11-9-14)22-15-6-4-3-5-7-15/h3-11H,12H2,1-2H3,(H,18,20). The lowest BCUT2D eigenvalue weighted by Crippen LogP contribution is -2.18. The van der Waals surface area contributed by atoms with Gasteiger partial charge in [-0.3, -0.25) is 4.84 Å². The molecule has 0 aliphatic heterocycles. The maximum absolute atomic E-state index is 10.9. The molecule has 0 fully saturated rings. The van der Waals surface area contributed by atoms with E-state index in [4.69, 9.17) is 9.47 Å². The lowest BCUT2D eigenvalue weighted by Gasteiger charge is -2.08. The van der Waals surface area contributed by atoms with Crippen LogP contribution in [0, 0.1) is 0 Å². The van der Waals surface area contributed by atoms with Gasteiger partial charge in [0.05, 0.1) is 5.71 Å². The Kier molecular flexibility index (Phi) is 5.99. The summed E-state index contributed by atoms with van der Waals surface area (Å²) in [5.74, 6) is 2.16. The molecule has 0 saturated heterocycles. The summed E-state index contributed by atoms with van der Waals surface area (Å²) in [5, 5.41) is 5.94. The predicted octanol–water partition coefficient (Wildman–Crippen LogP) is 3.59. The van der Waals surface area contributed by atoms with Gasteiger partial charge in [0, 0.05) is 7.05 Å². The minimum Gasteiger partial charge on any atom is -0.488 e. The van der Waals surface area contributed by atoms with Crippen LogP contribution in [0.1, 0.15) is 6.92 Å². The average Bonchev–Trinajstić information content (AvgIpc) is 2.60. The molecule has 0 aromatic heterocycles. The van der Waals surface area contributed by atoms with Gasteiger partial charge < -0.3 is 14.8 Å². The molecule has 0 bridgehead atoms. The Bertz CT molecular complexity index is 654. The summed E-state index contributed by atoms with van der Waals surface area (Å²) in [6, 6.07) is 16.8. The zero-order valence-corrected chi connectivity index (χ0v) is 13.0. The Hall–Kier alpha value is -3.02. The number of amides is 1. The number of benzene rings is 2. The molecule has 1 amide bonds. The molecule has 0 saturated carbocycles. The van der Waals surface area contributed by atoms with Gasteiger partial charge in [0.1, 0.15) is 23.9 Å². The molecule has 0 aliphatic rings. The summed E-state index contributed by atoms with van der Waals surface area (Å²) in [4.78, 5) is 15.4. The van der Waals surface area contributed by atoms with E-state index in [0.717, 1.165) is 11.5 Å². The van der Waals surface area contributed by atoms with Crippen molar-refractivity contribution in [1.82, 2.24) is 5.32 Å². The molecular formula is C17H18N2O4. The molecule has 23 heavy (non-hydrogen) atoms. The van der Waals surface area contributed by atoms with Crippen molar-refractivity contribution in [3.63, 3.8) is 0 Å². The van der Waals surface area contributed by atoms with Crippen molar-refractivity contribution >= 4 is 11.8 Å². The van der Waals surface area contributed by atoms with Crippen LogP contribution in [0.3, 0.4) is 0 Å². The first-order valence-electron chi connectivity index (χ1n) is 7.05. The highest BCUT2D eigenvalue weighted by atomic mass is 16.7. The fourth-order valence-electron chi connectivity index (χ4n) is 1.61. The number of hydrogen-bond donors (Lipinski definition) is 1. The first-order valence-corrected chi connectivity index (χ1v) is 7.05. The molecule has 1 N–H and O–H groups in total. The summed E-state index contributed by atoms with van der Waals surface area (Å²) in [5.41, 5.74) is 0.540. The number of carbonyl (C=O) groups is 1. The molecule has 120 valence electrons. The molecule has 6 heteroatoms. The lowest BCUT2D eigenvalue weighted by molar-refractivity contribution is 0.152. The molecular weight excluding hydrogens is 296 g/mol. The normalized spacial score (nSPS) is 10.8. The Morgan fingerprint density at radius 2 is 1.61 bits per heavy atom. The zero-order chi connectivity index (χ0) is 16.5. The number of hydrogen-bond acceptors (Lipinski definition) is 5. The van der Waals surface area contributed by atoms with E-state index < -0.39 is 6.09 Å². The van der Waals surface area contributed by atoms with Crippen LogP contribution in [0.5, 0.6) is 17.2 Å². The Morgan fingerprint density at radius 3 is 2.26 bits per heavy atom. The lowest BCUT2D eigenvalue weighted by atomic mass is 10.3. The maximum atomic E-state index is 10.9. The van der Waals surface area contributed by atoms with Crippen LogP contribution in [0.4, 0.5) is 4.79 Å². The highest BCUT2D eigenvalue weighted by Crippen LogP contribution is 2.23. The number of rotatable bonds is 6. The van der Waals surface area contributed by atoms with Crippen molar-refractivity contribution in [2.24, 2.45) is 5.16 Å². The number of carbonyl (C=O) groups excluding carboxylic acids is 1. The minimum absolute atomic E-state index is 0.218. The molecule has 0 atom stereocenters. The fraction of sp³-hybridized carbons (Fsp3) is 0.176. The summed E-state index contributed by atoms with van der Waals surface area (Å²) < 4.78 is 11.2. The molecule has 2 aromatic rings. The van der Waals surface area contributed by atoms with E-state index in [0.29, 0.717) is 11.5 Å². The second-order valence-electron chi connectivity index (χ2n) is 4.63. The predicted molar refractivity (Wildman–Crippen MR) is 87.1 cm³/mol. The van der Waals surface area contributed by atoms with E-state index in [-0.39, 0.29) is 6.61 Å². The number of para-hydroxylation sites is 1. The second kappa shape index (κ2) is 8.43. The van der Waals surface area contributed by atoms with Gasteiger partial charge in [0.2, 0.25) is 0 Å². The molecule has 0 radical (unpaired) electrons. The van der Waals surface area contributed by atoms with Crippen molar-refractivity contribution in [2.75, 3.05) is 13.7 Å². The van der Waals surface area contributed by atoms with Crippen LogP contribution in [0.15, 0.2) is 59.8 Å². The van der Waals surface area contributed by atoms with Crippen LogP contribution in [0.25, 0.3) is 0 Å². The third kappa shape index (κ3) is 5.70. The third-order valence-electron chi connectivity index (χ3n) is 2.74.